The maximum atomic E-state index is 13.7. The van der Waals surface area contributed by atoms with Crippen molar-refractivity contribution in [2.45, 2.75) is 63.5 Å². The highest BCUT2D eigenvalue weighted by Crippen LogP contribution is 2.37. The number of rotatable bonds is 7. The molecule has 1 N–H and O–H groups in total. The fourth-order valence-corrected chi connectivity index (χ4v) is 6.23. The summed E-state index contributed by atoms with van der Waals surface area (Å²) < 4.78 is 70.4. The number of fused-ring (bicyclic) bond motifs is 3. The molecule has 2 bridgehead atoms. The molecule has 0 spiro atoms. The number of carbonyl (C=O) groups excluding carboxylic acids is 3. The Morgan fingerprint density at radius 3 is 1.90 bits per heavy atom. The summed E-state index contributed by atoms with van der Waals surface area (Å²) in [7, 11) is 0. The smallest absolute Gasteiger partial charge is 0.490 e. The average Bonchev–Trinajstić information content (AvgIpc) is 3.03. The monoisotopic (exact) mass is 688 g/mol. The number of esters is 1. The number of ether oxygens (including phenoxy) is 1. The number of hydrogen-bond donors (Lipinski definition) is 1. The predicted molar refractivity (Wildman–Crippen MR) is 157 cm³/mol. The number of carbonyl (C=O) groups is 4. The number of aliphatic carboxylic acids is 2. The molecule has 4 saturated heterocycles. The van der Waals surface area contributed by atoms with Gasteiger partial charge in [0.05, 0.1) is 13.1 Å². The van der Waals surface area contributed by atoms with Crippen molar-refractivity contribution >= 4 is 23.7 Å². The van der Waals surface area contributed by atoms with Crippen molar-refractivity contribution in [2.24, 2.45) is 5.92 Å². The minimum atomic E-state index is -5.19. The molecule has 2 aromatic rings. The van der Waals surface area contributed by atoms with Crippen LogP contribution in [0, 0.1) is 12.8 Å². The molecule has 0 aromatic heterocycles. The number of halogens is 6. The number of nitrogens with zero attached hydrogens (tertiary/aromatic N) is 2. The lowest BCUT2D eigenvalue weighted by molar-refractivity contribution is -0.938. The third-order valence-electron chi connectivity index (χ3n) is 8.73. The van der Waals surface area contributed by atoms with Crippen molar-refractivity contribution in [3.63, 3.8) is 0 Å². The van der Waals surface area contributed by atoms with Gasteiger partial charge in [0.1, 0.15) is 25.1 Å². The maximum absolute atomic E-state index is 13.7. The number of quaternary nitrogens is 1. The topological polar surface area (TPSA) is 124 Å². The van der Waals surface area contributed by atoms with Crippen molar-refractivity contribution in [3.8, 4) is 0 Å². The number of alkyl halides is 6. The number of aryl methyl sites for hydroxylation is 1. The Hall–Kier alpha value is -3.98. The summed E-state index contributed by atoms with van der Waals surface area (Å²) >= 11 is 0. The van der Waals surface area contributed by atoms with Crippen LogP contribution in [-0.2, 0) is 19.1 Å². The highest BCUT2D eigenvalue weighted by molar-refractivity contribution is 5.97. The molecule has 4 aliphatic heterocycles. The lowest BCUT2D eigenvalue weighted by Crippen LogP contribution is -2.66. The minimum Gasteiger partial charge on any atom is -0.542 e. The first-order valence-corrected chi connectivity index (χ1v) is 15.4. The normalized spacial score (nSPS) is 23.0. The molecule has 15 heteroatoms. The molecule has 0 saturated carbocycles. The van der Waals surface area contributed by atoms with Crippen molar-refractivity contribution in [1.82, 2.24) is 4.90 Å². The second-order valence-electron chi connectivity index (χ2n) is 12.2. The molecular formula is C33H38F6N2O7. The first-order valence-electron chi connectivity index (χ1n) is 15.4. The van der Waals surface area contributed by atoms with E-state index in [1.165, 1.54) is 12.0 Å². The third kappa shape index (κ3) is 11.0. The zero-order chi connectivity index (χ0) is 35.7. The third-order valence-corrected chi connectivity index (χ3v) is 8.73. The summed E-state index contributed by atoms with van der Waals surface area (Å²) in [5.74, 6) is -5.27. The van der Waals surface area contributed by atoms with Gasteiger partial charge in [-0.05, 0) is 38.4 Å². The number of ketones is 1. The van der Waals surface area contributed by atoms with Gasteiger partial charge in [-0.15, -0.1) is 0 Å². The Balaban J connectivity index is 0.000000376. The minimum absolute atomic E-state index is 0.101. The lowest BCUT2D eigenvalue weighted by atomic mass is 9.82. The Kier molecular flexibility index (Phi) is 13.2. The molecule has 4 fully saturated rings. The van der Waals surface area contributed by atoms with Crippen molar-refractivity contribution < 1.29 is 65.0 Å². The van der Waals surface area contributed by atoms with E-state index >= 15 is 0 Å². The quantitative estimate of drug-likeness (QED) is 0.196. The Morgan fingerprint density at radius 2 is 1.42 bits per heavy atom. The van der Waals surface area contributed by atoms with Gasteiger partial charge in [0.2, 0.25) is 5.78 Å². The van der Waals surface area contributed by atoms with Gasteiger partial charge < -0.3 is 24.2 Å². The van der Waals surface area contributed by atoms with Gasteiger partial charge in [0, 0.05) is 24.3 Å². The molecular weight excluding hydrogens is 650 g/mol. The summed E-state index contributed by atoms with van der Waals surface area (Å²) in [6, 6.07) is 17.6. The number of likely N-dealkylation sites (tertiary alicyclic amines) is 1. The molecule has 4 heterocycles. The first kappa shape index (κ1) is 38.5. The van der Waals surface area contributed by atoms with E-state index in [-0.39, 0.29) is 23.9 Å². The Morgan fingerprint density at radius 1 is 0.896 bits per heavy atom. The van der Waals surface area contributed by atoms with Gasteiger partial charge in [-0.3, -0.25) is 9.69 Å². The van der Waals surface area contributed by atoms with Crippen LogP contribution < -0.4 is 5.11 Å². The zero-order valence-corrected chi connectivity index (χ0v) is 26.3. The summed E-state index contributed by atoms with van der Waals surface area (Å²) in [4.78, 5) is 46.7. The Bertz CT molecular complexity index is 1360. The first-order chi connectivity index (χ1) is 22.4. The van der Waals surface area contributed by atoms with E-state index in [4.69, 9.17) is 24.5 Å². The maximum Gasteiger partial charge on any atom is 0.490 e. The molecule has 264 valence electrons. The van der Waals surface area contributed by atoms with Crippen LogP contribution in [0.1, 0.15) is 59.6 Å². The zero-order valence-electron chi connectivity index (χ0n) is 26.3. The molecule has 0 radical (unpaired) electrons. The highest BCUT2D eigenvalue weighted by atomic mass is 19.4. The number of carboxylic acid groups (broad SMARTS) is 2. The van der Waals surface area contributed by atoms with E-state index in [2.05, 4.69) is 36.1 Å². The van der Waals surface area contributed by atoms with Crippen LogP contribution in [0.15, 0.2) is 54.6 Å². The number of benzene rings is 2. The van der Waals surface area contributed by atoms with E-state index in [1.807, 2.05) is 30.3 Å². The van der Waals surface area contributed by atoms with E-state index in [9.17, 15) is 35.9 Å². The predicted octanol–water partition coefficient (Wildman–Crippen LogP) is 4.49. The van der Waals surface area contributed by atoms with E-state index in [1.54, 1.807) is 0 Å². The molecule has 9 nitrogen and oxygen atoms in total. The fourth-order valence-electron chi connectivity index (χ4n) is 6.23. The molecule has 1 unspecified atom stereocenters. The molecule has 2 atom stereocenters. The second kappa shape index (κ2) is 16.4. The van der Waals surface area contributed by atoms with Crippen LogP contribution in [0.25, 0.3) is 0 Å². The van der Waals surface area contributed by atoms with Crippen LogP contribution in [0.2, 0.25) is 0 Å². The van der Waals surface area contributed by atoms with Gasteiger partial charge >= 0.3 is 24.3 Å². The molecule has 2 aromatic carbocycles. The second-order valence-corrected chi connectivity index (χ2v) is 12.2. The summed E-state index contributed by atoms with van der Waals surface area (Å²) in [6.07, 6.45) is -4.84. The standard InChI is InChI=1S/C29H37N2O3.2C2HF3O2/c1-22-10-12-25(13-11-22)28(30-16-6-3-7-17-30)29(33)34-27-21-31(18-14-24(27)15-19-31)20-26(32)23-8-4-2-5-9-23;2*3-2(4,5)1(6)7/h2,4-5,8-13,24,27-28H,3,6-7,14-21H2,1H3;2*(H,6,7)/q+1;;/p-1/t24?,27-,28?,31?;;/m0../s1. The van der Waals surface area contributed by atoms with E-state index in [0.717, 1.165) is 74.0 Å². The average molecular weight is 689 g/mol. The van der Waals surface area contributed by atoms with Crippen molar-refractivity contribution in [2.75, 3.05) is 39.3 Å². The van der Waals surface area contributed by atoms with Gasteiger partial charge in [-0.1, -0.05) is 66.6 Å². The van der Waals surface area contributed by atoms with Crippen LogP contribution in [0.3, 0.4) is 0 Å². The molecule has 48 heavy (non-hydrogen) atoms. The number of piperidine rings is 4. The lowest BCUT2D eigenvalue weighted by Gasteiger charge is -2.51. The molecule has 6 rings (SSSR count). The summed E-state index contributed by atoms with van der Waals surface area (Å²) in [5.41, 5.74) is 3.00. The molecule has 4 aliphatic rings. The molecule has 0 amide bonds. The number of Topliss-reactive ketones (excluding diaryl/α,β-unsaturated/α-hetero) is 1. The largest absolute Gasteiger partial charge is 0.542 e. The van der Waals surface area contributed by atoms with Gasteiger partial charge in [-0.25, -0.2) is 9.59 Å². The summed E-state index contributed by atoms with van der Waals surface area (Å²) in [5, 5.41) is 15.9. The highest BCUT2D eigenvalue weighted by Gasteiger charge is 2.49. The number of hydrogen-bond acceptors (Lipinski definition) is 7. The van der Waals surface area contributed by atoms with Crippen molar-refractivity contribution in [3.05, 3.63) is 71.3 Å². The van der Waals surface area contributed by atoms with E-state index < -0.39 is 24.3 Å². The Labute approximate surface area is 273 Å². The van der Waals surface area contributed by atoms with Gasteiger partial charge in [-0.2, -0.15) is 26.3 Å². The van der Waals surface area contributed by atoms with Crippen molar-refractivity contribution in [1.29, 1.82) is 0 Å². The molecule has 0 aliphatic carbocycles. The van der Waals surface area contributed by atoms with Gasteiger partial charge in [0.25, 0.3) is 0 Å². The van der Waals surface area contributed by atoms with Crippen LogP contribution in [0.5, 0.6) is 0 Å². The van der Waals surface area contributed by atoms with Gasteiger partial charge in [0.15, 0.2) is 6.10 Å². The SMILES string of the molecule is Cc1ccc(C(C(=O)O[C@H]2C[N+]3(CC(=O)c4ccccc4)CCC2CC3)N2CCCCC2)cc1.O=C(O)C(F)(F)F.O=C([O-])C(F)(F)F. The number of carboxylic acids is 2. The van der Waals surface area contributed by atoms with E-state index in [0.29, 0.717) is 12.5 Å². The van der Waals surface area contributed by atoms with Crippen LogP contribution in [-0.4, -0.2) is 95.9 Å². The summed E-state index contributed by atoms with van der Waals surface area (Å²) in [6.45, 7) is 7.22. The fraction of sp³-hybridized carbons (Fsp3) is 0.515. The van der Waals surface area contributed by atoms with Crippen LogP contribution in [0.4, 0.5) is 26.3 Å². The van der Waals surface area contributed by atoms with Crippen LogP contribution >= 0.6 is 0 Å².